The van der Waals surface area contributed by atoms with Crippen molar-refractivity contribution < 1.29 is 14.3 Å². The highest BCUT2D eigenvalue weighted by Gasteiger charge is 2.48. The third kappa shape index (κ3) is 3.82. The minimum absolute atomic E-state index is 0.125. The molecule has 1 aromatic rings. The second kappa shape index (κ2) is 7.75. The summed E-state index contributed by atoms with van der Waals surface area (Å²) in [5.74, 6) is 0.302. The molecule has 2 amide bonds. The molecular weight excluding hydrogens is 340 g/mol. The first-order valence-electron chi connectivity index (χ1n) is 8.99. The van der Waals surface area contributed by atoms with Crippen LogP contribution in [0.1, 0.15) is 32.6 Å². The number of likely N-dealkylation sites (tertiary alicyclic amines) is 1. The molecule has 3 rings (SSSR count). The van der Waals surface area contributed by atoms with Crippen molar-refractivity contribution in [2.24, 2.45) is 5.41 Å². The Morgan fingerprint density at radius 2 is 1.96 bits per heavy atom. The highest BCUT2D eigenvalue weighted by molar-refractivity contribution is 6.31. The molecule has 0 radical (unpaired) electrons. The summed E-state index contributed by atoms with van der Waals surface area (Å²) in [6, 6.07) is 7.45. The number of halogens is 1. The van der Waals surface area contributed by atoms with Crippen LogP contribution in [-0.4, -0.2) is 49.6 Å². The molecule has 2 aliphatic rings. The Hall–Kier alpha value is -1.59. The molecule has 25 heavy (non-hydrogen) atoms. The lowest BCUT2D eigenvalue weighted by atomic mass is 9.77. The van der Waals surface area contributed by atoms with Crippen LogP contribution in [0.15, 0.2) is 24.3 Å². The van der Waals surface area contributed by atoms with Crippen molar-refractivity contribution in [1.29, 1.82) is 0 Å². The zero-order valence-electron chi connectivity index (χ0n) is 14.7. The molecule has 136 valence electrons. The highest BCUT2D eigenvalue weighted by atomic mass is 35.5. The lowest BCUT2D eigenvalue weighted by molar-refractivity contribution is -0.138. The van der Waals surface area contributed by atoms with Crippen LogP contribution >= 0.6 is 11.6 Å². The van der Waals surface area contributed by atoms with Crippen molar-refractivity contribution in [3.05, 3.63) is 29.3 Å². The van der Waals surface area contributed by atoms with Gasteiger partial charge in [0.15, 0.2) is 0 Å². The van der Waals surface area contributed by atoms with Crippen molar-refractivity contribution in [3.8, 4) is 0 Å². The molecule has 0 N–H and O–H groups in total. The summed E-state index contributed by atoms with van der Waals surface area (Å²) in [6.07, 6.45) is 2.75. The molecule has 2 heterocycles. The van der Waals surface area contributed by atoms with E-state index in [0.29, 0.717) is 37.7 Å². The molecule has 5 nitrogen and oxygen atoms in total. The van der Waals surface area contributed by atoms with Gasteiger partial charge in [-0.05, 0) is 44.4 Å². The van der Waals surface area contributed by atoms with E-state index in [0.717, 1.165) is 31.5 Å². The Kier molecular flexibility index (Phi) is 5.64. The molecule has 2 saturated heterocycles. The first-order valence-corrected chi connectivity index (χ1v) is 9.36. The van der Waals surface area contributed by atoms with E-state index >= 15 is 0 Å². The predicted octanol–water partition coefficient (Wildman–Crippen LogP) is 3.11. The van der Waals surface area contributed by atoms with E-state index in [2.05, 4.69) is 0 Å². The minimum atomic E-state index is -0.320. The molecule has 6 heteroatoms. The van der Waals surface area contributed by atoms with Crippen molar-refractivity contribution in [2.75, 3.05) is 37.7 Å². The molecule has 0 bridgehead atoms. The molecule has 0 aliphatic carbocycles. The van der Waals surface area contributed by atoms with Gasteiger partial charge in [-0.1, -0.05) is 17.7 Å². The third-order valence-corrected chi connectivity index (χ3v) is 5.61. The number of hydrogen-bond donors (Lipinski definition) is 0. The largest absolute Gasteiger partial charge is 0.381 e. The molecule has 2 fully saturated rings. The predicted molar refractivity (Wildman–Crippen MR) is 97.8 cm³/mol. The standard InChI is InChI=1S/C19H25ClN2O3/c1-2-25-13-6-17(23)21-10-7-19(8-11-21)9-12-22(18(19)24)16-5-3-4-15(20)14-16/h3-5,14H,2,6-13H2,1H3. The quantitative estimate of drug-likeness (QED) is 0.754. The first kappa shape index (κ1) is 18.2. The SMILES string of the molecule is CCOCCC(=O)N1CCC2(CC1)CCN(c1cccc(Cl)c1)C2=O. The lowest BCUT2D eigenvalue weighted by Gasteiger charge is -2.38. The first-order chi connectivity index (χ1) is 12.1. The number of piperidine rings is 1. The van der Waals surface area contributed by atoms with Gasteiger partial charge < -0.3 is 14.5 Å². The van der Waals surface area contributed by atoms with Crippen LogP contribution in [0.25, 0.3) is 0 Å². The average Bonchev–Trinajstić information content (AvgIpc) is 2.92. The van der Waals surface area contributed by atoms with Gasteiger partial charge in [-0.3, -0.25) is 9.59 Å². The topological polar surface area (TPSA) is 49.9 Å². The van der Waals surface area contributed by atoms with Crippen LogP contribution in [0, 0.1) is 5.41 Å². The fourth-order valence-corrected chi connectivity index (χ4v) is 4.01. The van der Waals surface area contributed by atoms with E-state index in [1.165, 1.54) is 0 Å². The maximum atomic E-state index is 13.0. The maximum Gasteiger partial charge on any atom is 0.233 e. The molecule has 0 saturated carbocycles. The van der Waals surface area contributed by atoms with Gasteiger partial charge >= 0.3 is 0 Å². The number of carbonyl (C=O) groups excluding carboxylic acids is 2. The van der Waals surface area contributed by atoms with Gasteiger partial charge in [0.25, 0.3) is 0 Å². The molecule has 2 aliphatic heterocycles. The summed E-state index contributed by atoms with van der Waals surface area (Å²) < 4.78 is 5.26. The Bertz CT molecular complexity index is 641. The van der Waals surface area contributed by atoms with Crippen molar-refractivity contribution in [1.82, 2.24) is 4.90 Å². The van der Waals surface area contributed by atoms with Gasteiger partial charge in [0.2, 0.25) is 11.8 Å². The van der Waals surface area contributed by atoms with Crippen LogP contribution in [0.4, 0.5) is 5.69 Å². The van der Waals surface area contributed by atoms with E-state index in [-0.39, 0.29) is 17.2 Å². The Morgan fingerprint density at radius 3 is 2.64 bits per heavy atom. The number of carbonyl (C=O) groups is 2. The second-order valence-electron chi connectivity index (χ2n) is 6.79. The zero-order valence-corrected chi connectivity index (χ0v) is 15.4. The lowest BCUT2D eigenvalue weighted by Crippen LogP contribution is -2.46. The number of amides is 2. The van der Waals surface area contributed by atoms with Crippen LogP contribution in [0.3, 0.4) is 0 Å². The van der Waals surface area contributed by atoms with Crippen LogP contribution in [0.5, 0.6) is 0 Å². The Labute approximate surface area is 153 Å². The van der Waals surface area contributed by atoms with E-state index in [4.69, 9.17) is 16.3 Å². The van der Waals surface area contributed by atoms with Gasteiger partial charge in [0.05, 0.1) is 18.4 Å². The summed E-state index contributed by atoms with van der Waals surface area (Å²) in [7, 11) is 0. The molecule has 0 atom stereocenters. The van der Waals surface area contributed by atoms with Crippen LogP contribution in [0.2, 0.25) is 5.02 Å². The second-order valence-corrected chi connectivity index (χ2v) is 7.23. The molecular formula is C19H25ClN2O3. The average molecular weight is 365 g/mol. The smallest absolute Gasteiger partial charge is 0.233 e. The van der Waals surface area contributed by atoms with E-state index in [1.54, 1.807) is 0 Å². The number of benzene rings is 1. The van der Waals surface area contributed by atoms with Gasteiger partial charge in [-0.2, -0.15) is 0 Å². The summed E-state index contributed by atoms with van der Waals surface area (Å²) >= 11 is 6.06. The van der Waals surface area contributed by atoms with Gasteiger partial charge in [-0.25, -0.2) is 0 Å². The number of ether oxygens (including phenoxy) is 1. The maximum absolute atomic E-state index is 13.0. The molecule has 1 aromatic carbocycles. The molecule has 0 aromatic heterocycles. The van der Waals surface area contributed by atoms with E-state index < -0.39 is 0 Å². The third-order valence-electron chi connectivity index (χ3n) is 5.37. The minimum Gasteiger partial charge on any atom is -0.381 e. The molecule has 0 unspecified atom stereocenters. The van der Waals surface area contributed by atoms with E-state index in [9.17, 15) is 9.59 Å². The fourth-order valence-electron chi connectivity index (χ4n) is 3.82. The number of nitrogens with zero attached hydrogens (tertiary/aromatic N) is 2. The Morgan fingerprint density at radius 1 is 1.24 bits per heavy atom. The van der Waals surface area contributed by atoms with Gasteiger partial charge in [0, 0.05) is 37.0 Å². The highest BCUT2D eigenvalue weighted by Crippen LogP contribution is 2.43. The normalized spacial score (nSPS) is 19.7. The summed E-state index contributed by atoms with van der Waals surface area (Å²) in [5.41, 5.74) is 0.545. The van der Waals surface area contributed by atoms with Crippen molar-refractivity contribution in [2.45, 2.75) is 32.6 Å². The summed E-state index contributed by atoms with van der Waals surface area (Å²) in [5, 5.41) is 0.640. The Balaban J connectivity index is 1.60. The van der Waals surface area contributed by atoms with Crippen LogP contribution in [-0.2, 0) is 14.3 Å². The number of rotatable bonds is 5. The summed E-state index contributed by atoms with van der Waals surface area (Å²) in [6.45, 7) is 5.05. The van der Waals surface area contributed by atoms with Gasteiger partial charge in [0.1, 0.15) is 0 Å². The van der Waals surface area contributed by atoms with Crippen molar-refractivity contribution in [3.63, 3.8) is 0 Å². The van der Waals surface area contributed by atoms with Crippen LogP contribution < -0.4 is 4.90 Å². The number of anilines is 1. The zero-order chi connectivity index (χ0) is 17.9. The molecule has 1 spiro atoms. The van der Waals surface area contributed by atoms with Crippen molar-refractivity contribution >= 4 is 29.1 Å². The van der Waals surface area contributed by atoms with Gasteiger partial charge in [-0.15, -0.1) is 0 Å². The summed E-state index contributed by atoms with van der Waals surface area (Å²) in [4.78, 5) is 29.0. The van der Waals surface area contributed by atoms with E-state index in [1.807, 2.05) is 41.0 Å². The number of hydrogen-bond acceptors (Lipinski definition) is 3. The monoisotopic (exact) mass is 364 g/mol. The fraction of sp³-hybridized carbons (Fsp3) is 0.579.